The minimum absolute atomic E-state index is 0.0108. The molecule has 1 atom stereocenters. The number of aryl methyl sites for hydroxylation is 2. The molecule has 1 amide bonds. The minimum atomic E-state index is -0.362. The summed E-state index contributed by atoms with van der Waals surface area (Å²) < 4.78 is 1.76. The maximum atomic E-state index is 12.5. The van der Waals surface area contributed by atoms with E-state index in [4.69, 9.17) is 10.8 Å². The Labute approximate surface area is 139 Å². The number of pyridine rings is 1. The second-order valence-corrected chi connectivity index (χ2v) is 6.82. The van der Waals surface area contributed by atoms with Crippen LogP contribution in [0.25, 0.3) is 11.0 Å². The molecule has 1 aliphatic heterocycles. The molecule has 1 unspecified atom stereocenters. The number of hydrogen-bond donors (Lipinski definition) is 3. The van der Waals surface area contributed by atoms with Crippen LogP contribution in [0, 0.1) is 0 Å². The SMILES string of the molecule is NC(=O)CCn1nc(C2CCCN2)c2c3c(c(=O)[nH]c21)CCCC3. The van der Waals surface area contributed by atoms with Gasteiger partial charge in [-0.05, 0) is 50.6 Å². The molecular formula is C17H23N5O2. The number of fused-ring (bicyclic) bond motifs is 3. The van der Waals surface area contributed by atoms with E-state index in [0.717, 1.165) is 72.9 Å². The van der Waals surface area contributed by atoms with Crippen molar-refractivity contribution in [2.45, 2.75) is 57.5 Å². The van der Waals surface area contributed by atoms with Gasteiger partial charge in [0.05, 0.1) is 18.3 Å². The number of nitrogens with one attached hydrogen (secondary N) is 2. The molecule has 2 aromatic rings. The number of H-pyrrole nitrogens is 1. The van der Waals surface area contributed by atoms with Crippen LogP contribution in [0.5, 0.6) is 0 Å². The first kappa shape index (κ1) is 15.4. The van der Waals surface area contributed by atoms with E-state index in [9.17, 15) is 9.59 Å². The van der Waals surface area contributed by atoms with E-state index in [0.29, 0.717) is 6.54 Å². The summed E-state index contributed by atoms with van der Waals surface area (Å²) in [5.74, 6) is -0.362. The van der Waals surface area contributed by atoms with Crippen molar-refractivity contribution in [1.82, 2.24) is 20.1 Å². The Kier molecular flexibility index (Phi) is 3.88. The van der Waals surface area contributed by atoms with Gasteiger partial charge in [-0.3, -0.25) is 9.59 Å². The van der Waals surface area contributed by atoms with Crippen molar-refractivity contribution in [1.29, 1.82) is 0 Å². The van der Waals surface area contributed by atoms with Crippen LogP contribution in [-0.2, 0) is 24.2 Å². The normalized spacial score (nSPS) is 20.4. The third-order valence-corrected chi connectivity index (χ3v) is 5.22. The molecule has 2 aromatic heterocycles. The molecule has 2 aliphatic rings. The molecular weight excluding hydrogens is 306 g/mol. The number of aromatic nitrogens is 3. The Morgan fingerprint density at radius 1 is 1.25 bits per heavy atom. The highest BCUT2D eigenvalue weighted by atomic mass is 16.1. The van der Waals surface area contributed by atoms with Gasteiger partial charge in [-0.1, -0.05) is 0 Å². The van der Waals surface area contributed by atoms with E-state index >= 15 is 0 Å². The number of carbonyl (C=O) groups excluding carboxylic acids is 1. The van der Waals surface area contributed by atoms with E-state index in [2.05, 4.69) is 10.3 Å². The lowest BCUT2D eigenvalue weighted by molar-refractivity contribution is -0.118. The van der Waals surface area contributed by atoms with Gasteiger partial charge in [0, 0.05) is 17.4 Å². The number of aromatic amines is 1. The first-order valence-electron chi connectivity index (χ1n) is 8.81. The molecule has 128 valence electrons. The average molecular weight is 329 g/mol. The second kappa shape index (κ2) is 6.05. The van der Waals surface area contributed by atoms with Crippen LogP contribution in [0.15, 0.2) is 4.79 Å². The van der Waals surface area contributed by atoms with Crippen molar-refractivity contribution in [3.63, 3.8) is 0 Å². The summed E-state index contributed by atoms with van der Waals surface area (Å²) in [6.07, 6.45) is 6.33. The Balaban J connectivity index is 1.92. The highest BCUT2D eigenvalue weighted by Crippen LogP contribution is 2.33. The van der Waals surface area contributed by atoms with Crippen LogP contribution in [-0.4, -0.2) is 27.2 Å². The van der Waals surface area contributed by atoms with Crippen LogP contribution >= 0.6 is 0 Å². The fraction of sp³-hybridized carbons (Fsp3) is 0.588. The topological polar surface area (TPSA) is 106 Å². The van der Waals surface area contributed by atoms with Crippen molar-refractivity contribution in [3.8, 4) is 0 Å². The number of nitrogens with zero attached hydrogens (tertiary/aromatic N) is 2. The molecule has 3 heterocycles. The van der Waals surface area contributed by atoms with Gasteiger partial charge < -0.3 is 16.0 Å². The van der Waals surface area contributed by atoms with Gasteiger partial charge in [-0.15, -0.1) is 0 Å². The minimum Gasteiger partial charge on any atom is -0.370 e. The van der Waals surface area contributed by atoms with Gasteiger partial charge in [-0.2, -0.15) is 5.10 Å². The van der Waals surface area contributed by atoms with Crippen molar-refractivity contribution in [2.24, 2.45) is 5.73 Å². The highest BCUT2D eigenvalue weighted by Gasteiger charge is 2.27. The molecule has 0 radical (unpaired) electrons. The summed E-state index contributed by atoms with van der Waals surface area (Å²) in [5.41, 5.74) is 9.12. The van der Waals surface area contributed by atoms with Crippen LogP contribution in [0.1, 0.15) is 55.0 Å². The molecule has 0 aromatic carbocycles. The van der Waals surface area contributed by atoms with E-state index in [1.54, 1.807) is 4.68 Å². The third kappa shape index (κ3) is 2.53. The molecule has 7 nitrogen and oxygen atoms in total. The van der Waals surface area contributed by atoms with Crippen molar-refractivity contribution >= 4 is 16.9 Å². The zero-order valence-corrected chi connectivity index (χ0v) is 13.7. The Bertz CT molecular complexity index is 845. The summed E-state index contributed by atoms with van der Waals surface area (Å²) in [6, 6.07) is 0.222. The average Bonchev–Trinajstić information content (AvgIpc) is 3.21. The smallest absolute Gasteiger partial charge is 0.253 e. The maximum Gasteiger partial charge on any atom is 0.253 e. The van der Waals surface area contributed by atoms with Gasteiger partial charge in [0.15, 0.2) is 0 Å². The van der Waals surface area contributed by atoms with Crippen LogP contribution in [0.4, 0.5) is 0 Å². The molecule has 0 spiro atoms. The predicted molar refractivity (Wildman–Crippen MR) is 90.8 cm³/mol. The third-order valence-electron chi connectivity index (χ3n) is 5.22. The van der Waals surface area contributed by atoms with Gasteiger partial charge >= 0.3 is 0 Å². The standard InChI is InChI=1S/C17H23N5O2/c18-13(23)7-9-22-16-14(15(21-22)12-6-3-8-19-12)10-4-1-2-5-11(10)17(24)20-16/h12,19H,1-9H2,(H2,18,23)(H,20,24). The number of carbonyl (C=O) groups is 1. The molecule has 0 bridgehead atoms. The quantitative estimate of drug-likeness (QED) is 0.775. The van der Waals surface area contributed by atoms with E-state index in [1.165, 1.54) is 0 Å². The summed E-state index contributed by atoms with van der Waals surface area (Å²) in [4.78, 5) is 26.7. The molecule has 24 heavy (non-hydrogen) atoms. The lowest BCUT2D eigenvalue weighted by atomic mass is 9.89. The van der Waals surface area contributed by atoms with Crippen molar-refractivity contribution in [3.05, 3.63) is 27.2 Å². The number of amides is 1. The Hall–Kier alpha value is -2.15. The molecule has 4 rings (SSSR count). The largest absolute Gasteiger partial charge is 0.370 e. The molecule has 0 saturated carbocycles. The van der Waals surface area contributed by atoms with Crippen molar-refractivity contribution < 1.29 is 4.79 Å². The van der Waals surface area contributed by atoms with Gasteiger partial charge in [0.1, 0.15) is 5.65 Å². The maximum absolute atomic E-state index is 12.5. The first-order valence-corrected chi connectivity index (χ1v) is 8.81. The number of hydrogen-bond acceptors (Lipinski definition) is 4. The molecule has 1 aliphatic carbocycles. The highest BCUT2D eigenvalue weighted by molar-refractivity contribution is 5.84. The fourth-order valence-corrected chi connectivity index (χ4v) is 4.06. The van der Waals surface area contributed by atoms with E-state index in [-0.39, 0.29) is 23.9 Å². The Morgan fingerprint density at radius 2 is 2.04 bits per heavy atom. The summed E-state index contributed by atoms with van der Waals surface area (Å²) in [6.45, 7) is 1.39. The molecule has 1 saturated heterocycles. The van der Waals surface area contributed by atoms with E-state index < -0.39 is 0 Å². The lowest BCUT2D eigenvalue weighted by Crippen LogP contribution is -2.21. The summed E-state index contributed by atoms with van der Waals surface area (Å²) >= 11 is 0. The summed E-state index contributed by atoms with van der Waals surface area (Å²) in [7, 11) is 0. The second-order valence-electron chi connectivity index (χ2n) is 6.82. The Morgan fingerprint density at radius 3 is 2.75 bits per heavy atom. The van der Waals surface area contributed by atoms with Crippen molar-refractivity contribution in [2.75, 3.05) is 6.54 Å². The monoisotopic (exact) mass is 329 g/mol. The van der Waals surface area contributed by atoms with Crippen LogP contribution in [0.3, 0.4) is 0 Å². The molecule has 7 heteroatoms. The van der Waals surface area contributed by atoms with Crippen LogP contribution < -0.4 is 16.6 Å². The zero-order chi connectivity index (χ0) is 16.7. The molecule has 4 N–H and O–H groups in total. The fourth-order valence-electron chi connectivity index (χ4n) is 4.06. The zero-order valence-electron chi connectivity index (χ0n) is 13.7. The van der Waals surface area contributed by atoms with E-state index in [1.807, 2.05) is 0 Å². The van der Waals surface area contributed by atoms with Gasteiger partial charge in [0.25, 0.3) is 5.56 Å². The number of rotatable bonds is 4. The van der Waals surface area contributed by atoms with Gasteiger partial charge in [0.2, 0.25) is 5.91 Å². The predicted octanol–water partition coefficient (Wildman–Crippen LogP) is 0.903. The number of nitrogens with two attached hydrogens (primary N) is 1. The first-order chi connectivity index (χ1) is 11.6. The summed E-state index contributed by atoms with van der Waals surface area (Å²) in [5, 5.41) is 9.36. The van der Waals surface area contributed by atoms with Crippen LogP contribution in [0.2, 0.25) is 0 Å². The number of primary amides is 1. The molecule has 1 fully saturated rings. The lowest BCUT2D eigenvalue weighted by Gasteiger charge is -2.17. The van der Waals surface area contributed by atoms with Gasteiger partial charge in [-0.25, -0.2) is 4.68 Å².